The molecule has 2 N–H and O–H groups in total. The van der Waals surface area contributed by atoms with E-state index < -0.39 is 11.2 Å². The standard InChI is InChI=1S/C22H34O2S/c1-19(2,3)17-13-15(9-11-21(17,7)23)25-16-10-12-22(8,24)18(14-16)20(4,5)6/h9-10,13-14,23-24H,11-12H2,1-8H3. The molecule has 2 nitrogen and oxygen atoms in total. The summed E-state index contributed by atoms with van der Waals surface area (Å²) in [4.78, 5) is 2.35. The Kier molecular flexibility index (Phi) is 5.29. The summed E-state index contributed by atoms with van der Waals surface area (Å²) >= 11 is 1.73. The quantitative estimate of drug-likeness (QED) is 0.658. The Labute approximate surface area is 157 Å². The molecule has 2 unspecified atom stereocenters. The van der Waals surface area contributed by atoms with Gasteiger partial charge in [-0.1, -0.05) is 65.5 Å². The van der Waals surface area contributed by atoms with E-state index in [4.69, 9.17) is 0 Å². The summed E-state index contributed by atoms with van der Waals surface area (Å²) in [5.74, 6) is 0. The van der Waals surface area contributed by atoms with E-state index in [2.05, 4.69) is 65.8 Å². The van der Waals surface area contributed by atoms with E-state index in [0.29, 0.717) is 12.8 Å². The molecular weight excluding hydrogens is 328 g/mol. The monoisotopic (exact) mass is 362 g/mol. The fourth-order valence-corrected chi connectivity index (χ4v) is 4.82. The van der Waals surface area contributed by atoms with Gasteiger partial charge in [-0.2, -0.15) is 0 Å². The largest absolute Gasteiger partial charge is 0.385 e. The Morgan fingerprint density at radius 1 is 0.760 bits per heavy atom. The first-order valence-electron chi connectivity index (χ1n) is 9.11. The second-order valence-corrected chi connectivity index (χ2v) is 11.0. The number of rotatable bonds is 2. The number of aliphatic hydroxyl groups is 2. The van der Waals surface area contributed by atoms with Crippen LogP contribution in [0.4, 0.5) is 0 Å². The molecule has 0 spiro atoms. The molecule has 2 aliphatic rings. The molecule has 0 aromatic rings. The van der Waals surface area contributed by atoms with Gasteiger partial charge >= 0.3 is 0 Å². The first-order chi connectivity index (χ1) is 11.1. The third kappa shape index (κ3) is 4.69. The van der Waals surface area contributed by atoms with Crippen molar-refractivity contribution in [3.63, 3.8) is 0 Å². The Morgan fingerprint density at radius 2 is 1.08 bits per heavy atom. The lowest BCUT2D eigenvalue weighted by Crippen LogP contribution is -2.35. The van der Waals surface area contributed by atoms with Crippen LogP contribution in [0.1, 0.15) is 68.2 Å². The van der Waals surface area contributed by atoms with Crippen molar-refractivity contribution < 1.29 is 10.2 Å². The minimum absolute atomic E-state index is 0.0689. The molecule has 0 fully saturated rings. The lowest BCUT2D eigenvalue weighted by molar-refractivity contribution is 0.0794. The van der Waals surface area contributed by atoms with Crippen LogP contribution in [0, 0.1) is 10.8 Å². The Hall–Kier alpha value is -0.770. The maximum atomic E-state index is 10.7. The maximum Gasteiger partial charge on any atom is 0.0872 e. The third-order valence-corrected chi connectivity index (χ3v) is 6.03. The number of allylic oxidation sites excluding steroid dienone is 2. The van der Waals surface area contributed by atoms with Gasteiger partial charge in [-0.05, 0) is 60.8 Å². The summed E-state index contributed by atoms with van der Waals surface area (Å²) in [5.41, 5.74) is 0.460. The van der Waals surface area contributed by atoms with Crippen molar-refractivity contribution in [2.75, 3.05) is 0 Å². The van der Waals surface area contributed by atoms with Gasteiger partial charge in [0.1, 0.15) is 0 Å². The predicted octanol–water partition coefficient (Wildman–Crippen LogP) is 5.74. The molecule has 140 valence electrons. The van der Waals surface area contributed by atoms with Crippen LogP contribution in [0.3, 0.4) is 0 Å². The van der Waals surface area contributed by atoms with Crippen molar-refractivity contribution in [3.05, 3.63) is 45.3 Å². The van der Waals surface area contributed by atoms with Gasteiger partial charge in [0.15, 0.2) is 0 Å². The Bertz CT molecular complexity index is 601. The molecule has 0 aromatic heterocycles. The molecule has 2 atom stereocenters. The number of hydrogen-bond acceptors (Lipinski definition) is 3. The summed E-state index contributed by atoms with van der Waals surface area (Å²) in [6, 6.07) is 0. The van der Waals surface area contributed by atoms with Crippen molar-refractivity contribution in [2.45, 2.75) is 79.4 Å². The van der Waals surface area contributed by atoms with Gasteiger partial charge < -0.3 is 10.2 Å². The van der Waals surface area contributed by atoms with Gasteiger partial charge in [-0.15, -0.1) is 0 Å². The van der Waals surface area contributed by atoms with Crippen LogP contribution in [-0.4, -0.2) is 21.4 Å². The van der Waals surface area contributed by atoms with Crippen LogP contribution in [-0.2, 0) is 0 Å². The lowest BCUT2D eigenvalue weighted by Gasteiger charge is -2.38. The van der Waals surface area contributed by atoms with Crippen LogP contribution in [0.15, 0.2) is 45.3 Å². The van der Waals surface area contributed by atoms with E-state index in [1.165, 1.54) is 9.81 Å². The minimum atomic E-state index is -0.778. The van der Waals surface area contributed by atoms with Crippen LogP contribution in [0.25, 0.3) is 0 Å². The molecule has 3 heteroatoms. The second-order valence-electron chi connectivity index (χ2n) is 9.89. The van der Waals surface area contributed by atoms with Gasteiger partial charge in [0.25, 0.3) is 0 Å². The smallest absolute Gasteiger partial charge is 0.0872 e. The van der Waals surface area contributed by atoms with Crippen molar-refractivity contribution >= 4 is 11.8 Å². The van der Waals surface area contributed by atoms with E-state index in [9.17, 15) is 10.2 Å². The highest BCUT2D eigenvalue weighted by molar-refractivity contribution is 8.07. The molecule has 0 amide bonds. The molecule has 2 rings (SSSR count). The van der Waals surface area contributed by atoms with Gasteiger partial charge in [-0.25, -0.2) is 0 Å². The zero-order valence-electron chi connectivity index (χ0n) is 17.0. The molecular formula is C22H34O2S. The van der Waals surface area contributed by atoms with E-state index in [0.717, 1.165) is 11.1 Å². The lowest BCUT2D eigenvalue weighted by atomic mass is 9.73. The molecule has 0 saturated carbocycles. The number of thioether (sulfide) groups is 1. The molecule has 0 aromatic carbocycles. The molecule has 0 radical (unpaired) electrons. The van der Waals surface area contributed by atoms with E-state index >= 15 is 0 Å². The van der Waals surface area contributed by atoms with Crippen molar-refractivity contribution in [3.8, 4) is 0 Å². The fourth-order valence-electron chi connectivity index (χ4n) is 3.86. The SMILES string of the molecule is CC(C)(C)C1=CC(SC2=CCC(C)(O)C(C(C)(C)C)=C2)=CCC1(C)O. The van der Waals surface area contributed by atoms with Crippen LogP contribution in [0.2, 0.25) is 0 Å². The van der Waals surface area contributed by atoms with E-state index in [1.807, 2.05) is 13.8 Å². The minimum Gasteiger partial charge on any atom is -0.385 e. The van der Waals surface area contributed by atoms with Gasteiger partial charge in [0.05, 0.1) is 11.2 Å². The van der Waals surface area contributed by atoms with Crippen molar-refractivity contribution in [2.24, 2.45) is 10.8 Å². The maximum absolute atomic E-state index is 10.7. The molecule has 0 heterocycles. The van der Waals surface area contributed by atoms with Gasteiger partial charge in [0.2, 0.25) is 0 Å². The Morgan fingerprint density at radius 3 is 1.36 bits per heavy atom. The zero-order chi connectivity index (χ0) is 19.3. The van der Waals surface area contributed by atoms with Gasteiger partial charge in [-0.3, -0.25) is 0 Å². The topological polar surface area (TPSA) is 40.5 Å². The highest BCUT2D eigenvalue weighted by Gasteiger charge is 2.37. The van der Waals surface area contributed by atoms with Crippen LogP contribution in [0.5, 0.6) is 0 Å². The fraction of sp³-hybridized carbons (Fsp3) is 0.636. The summed E-state index contributed by atoms with van der Waals surface area (Å²) in [7, 11) is 0. The highest BCUT2D eigenvalue weighted by atomic mass is 32.2. The first kappa shape index (κ1) is 20.5. The van der Waals surface area contributed by atoms with Crippen molar-refractivity contribution in [1.29, 1.82) is 0 Å². The first-order valence-corrected chi connectivity index (χ1v) is 9.93. The zero-order valence-corrected chi connectivity index (χ0v) is 17.8. The average Bonchev–Trinajstić information content (AvgIpc) is 2.40. The van der Waals surface area contributed by atoms with E-state index in [1.54, 1.807) is 11.8 Å². The third-order valence-electron chi connectivity index (χ3n) is 4.99. The summed E-state index contributed by atoms with van der Waals surface area (Å²) in [6.45, 7) is 16.7. The molecule has 0 bridgehead atoms. The van der Waals surface area contributed by atoms with Gasteiger partial charge in [0, 0.05) is 9.81 Å². The molecule has 0 saturated heterocycles. The Balaban J connectivity index is 2.29. The second kappa shape index (κ2) is 6.44. The van der Waals surface area contributed by atoms with E-state index in [-0.39, 0.29) is 10.8 Å². The summed E-state index contributed by atoms with van der Waals surface area (Å²) in [5, 5.41) is 21.5. The predicted molar refractivity (Wildman–Crippen MR) is 109 cm³/mol. The van der Waals surface area contributed by atoms with Crippen molar-refractivity contribution in [1.82, 2.24) is 0 Å². The summed E-state index contributed by atoms with van der Waals surface area (Å²) in [6.07, 6.45) is 9.81. The summed E-state index contributed by atoms with van der Waals surface area (Å²) < 4.78 is 0. The highest BCUT2D eigenvalue weighted by Crippen LogP contribution is 2.46. The molecule has 2 aliphatic carbocycles. The van der Waals surface area contributed by atoms with Crippen LogP contribution >= 0.6 is 11.8 Å². The normalized spacial score (nSPS) is 31.1. The van der Waals surface area contributed by atoms with Crippen LogP contribution < -0.4 is 0 Å². The average molecular weight is 363 g/mol. The molecule has 0 aliphatic heterocycles. The number of hydrogen-bond donors (Lipinski definition) is 2. The molecule has 25 heavy (non-hydrogen) atoms.